The van der Waals surface area contributed by atoms with E-state index in [0.717, 1.165) is 60.5 Å². The molecule has 330 valence electrons. The predicted octanol–water partition coefficient (Wildman–Crippen LogP) is 19.0. The average molecular weight is 838 g/mol. The fraction of sp³-hybridized carbons (Fsp3) is 0.709. The first-order valence-corrected chi connectivity index (χ1v) is 25.1. The summed E-state index contributed by atoms with van der Waals surface area (Å²) in [7, 11) is 0. The molecule has 0 saturated heterocycles. The quantitative estimate of drug-likeness (QED) is 0.0279. The molecule has 0 saturated carbocycles. The van der Waals surface area contributed by atoms with Gasteiger partial charge in [-0.1, -0.05) is 243 Å². The van der Waals surface area contributed by atoms with E-state index >= 15 is 0 Å². The second-order valence-corrected chi connectivity index (χ2v) is 17.2. The van der Waals surface area contributed by atoms with Gasteiger partial charge in [-0.15, -0.1) is 0 Å². The van der Waals surface area contributed by atoms with E-state index in [1.165, 1.54) is 199 Å². The third-order valence-electron chi connectivity index (χ3n) is 11.7. The summed E-state index contributed by atoms with van der Waals surface area (Å²) in [5.74, 6) is 6.85. The smallest absolute Gasteiger partial charge is 0.0634 e. The van der Waals surface area contributed by atoms with Crippen LogP contribution in [0.5, 0.6) is 0 Å². The summed E-state index contributed by atoms with van der Waals surface area (Å²) < 4.78 is 0. The molecule has 0 aliphatic heterocycles. The second kappa shape index (κ2) is 41.6. The fourth-order valence-electron chi connectivity index (χ4n) is 7.90. The molecule has 0 bridgehead atoms. The molecular weight excluding hydrogens is 747 g/mol. The van der Waals surface area contributed by atoms with Crippen LogP contribution in [-0.4, -0.2) is 11.4 Å². The Balaban J connectivity index is 0.0000168. The van der Waals surface area contributed by atoms with Crippen LogP contribution < -0.4 is 0 Å². The Hall–Kier alpha value is -2.17. The van der Waals surface area contributed by atoms with E-state index in [2.05, 4.69) is 87.2 Å². The van der Waals surface area contributed by atoms with Gasteiger partial charge in [-0.25, -0.2) is 0 Å². The molecular formula is C55H90N2Ni. The summed E-state index contributed by atoms with van der Waals surface area (Å²) in [4.78, 5) is 10.3. The molecule has 2 aromatic rings. The number of hydrogen-bond donors (Lipinski definition) is 0. The monoisotopic (exact) mass is 837 g/mol. The maximum Gasteiger partial charge on any atom is 0.0634 e. The normalized spacial score (nSPS) is 11.7. The van der Waals surface area contributed by atoms with Crippen molar-refractivity contribution in [1.82, 2.24) is 0 Å². The van der Waals surface area contributed by atoms with Crippen LogP contribution in [0.4, 0.5) is 11.4 Å². The van der Waals surface area contributed by atoms with Crippen molar-refractivity contribution in [3.05, 3.63) is 60.2 Å². The minimum atomic E-state index is 0. The molecule has 0 unspecified atom stereocenters. The van der Waals surface area contributed by atoms with Crippen LogP contribution in [0.3, 0.4) is 0 Å². The van der Waals surface area contributed by atoms with E-state index < -0.39 is 0 Å². The van der Waals surface area contributed by atoms with Crippen LogP contribution in [0, 0.1) is 11.8 Å². The summed E-state index contributed by atoms with van der Waals surface area (Å²) in [5.41, 5.74) is 5.44. The van der Waals surface area contributed by atoms with Crippen molar-refractivity contribution in [3.8, 4) is 11.8 Å². The summed E-state index contributed by atoms with van der Waals surface area (Å²) in [6.45, 7) is 6.85. The van der Waals surface area contributed by atoms with Crippen molar-refractivity contribution in [3.63, 3.8) is 0 Å². The molecule has 0 atom stereocenters. The third kappa shape index (κ3) is 31.7. The van der Waals surface area contributed by atoms with E-state index in [-0.39, 0.29) is 16.5 Å². The van der Waals surface area contributed by atoms with Crippen molar-refractivity contribution in [1.29, 1.82) is 0 Å². The maximum absolute atomic E-state index is 5.22. The number of para-hydroxylation sites is 1. The SMILES string of the molecule is CCCCCCCCCCCCCCCCCCCCCCCCCCCC#Cc1ccc(N=C(CCCCCCCC)C(CCCC)=Nc2ccccc2)cc1.[Ni]. The molecule has 2 nitrogen and oxygen atoms in total. The number of hydrogen-bond acceptors (Lipinski definition) is 2. The zero-order valence-corrected chi connectivity index (χ0v) is 39.4. The first-order valence-electron chi connectivity index (χ1n) is 25.1. The molecule has 3 heteroatoms. The maximum atomic E-state index is 5.22. The number of nitrogens with zero attached hydrogens (tertiary/aromatic N) is 2. The van der Waals surface area contributed by atoms with Crippen molar-refractivity contribution >= 4 is 22.8 Å². The Morgan fingerprint density at radius 1 is 0.362 bits per heavy atom. The summed E-state index contributed by atoms with van der Waals surface area (Å²) in [6.07, 6.45) is 48.8. The van der Waals surface area contributed by atoms with Crippen LogP contribution in [0.25, 0.3) is 0 Å². The number of unbranched alkanes of at least 4 members (excludes halogenated alkanes) is 31. The molecule has 0 N–H and O–H groups in total. The van der Waals surface area contributed by atoms with Gasteiger partial charge in [0.2, 0.25) is 0 Å². The van der Waals surface area contributed by atoms with E-state index in [9.17, 15) is 0 Å². The molecule has 2 aromatic carbocycles. The topological polar surface area (TPSA) is 24.7 Å². The van der Waals surface area contributed by atoms with Crippen molar-refractivity contribution in [2.24, 2.45) is 9.98 Å². The first-order chi connectivity index (χ1) is 28.3. The fourth-order valence-corrected chi connectivity index (χ4v) is 7.90. The van der Waals surface area contributed by atoms with Crippen LogP contribution in [-0.2, 0) is 16.5 Å². The molecule has 0 aromatic heterocycles. The largest absolute Gasteiger partial charge is 0.252 e. The van der Waals surface area contributed by atoms with E-state index in [1.807, 2.05) is 0 Å². The van der Waals surface area contributed by atoms with E-state index in [0.29, 0.717) is 0 Å². The van der Waals surface area contributed by atoms with Crippen LogP contribution >= 0.6 is 0 Å². The molecule has 58 heavy (non-hydrogen) atoms. The Labute approximate surface area is 371 Å². The summed E-state index contributed by atoms with van der Waals surface area (Å²) in [5, 5.41) is 0. The van der Waals surface area contributed by atoms with Gasteiger partial charge in [-0.3, -0.25) is 9.98 Å². The van der Waals surface area contributed by atoms with Gasteiger partial charge >= 0.3 is 0 Å². The minimum Gasteiger partial charge on any atom is -0.252 e. The van der Waals surface area contributed by atoms with Gasteiger partial charge in [0.15, 0.2) is 0 Å². The number of rotatable bonds is 38. The summed E-state index contributed by atoms with van der Waals surface area (Å²) >= 11 is 0. The average Bonchev–Trinajstić information content (AvgIpc) is 3.23. The second-order valence-electron chi connectivity index (χ2n) is 17.2. The Morgan fingerprint density at radius 3 is 1.09 bits per heavy atom. The molecule has 0 heterocycles. The van der Waals surface area contributed by atoms with Gasteiger partial charge in [0.1, 0.15) is 0 Å². The molecule has 2 rings (SSSR count). The van der Waals surface area contributed by atoms with Crippen LogP contribution in [0.15, 0.2) is 64.6 Å². The van der Waals surface area contributed by atoms with Gasteiger partial charge in [0, 0.05) is 28.5 Å². The van der Waals surface area contributed by atoms with E-state index in [4.69, 9.17) is 9.98 Å². The van der Waals surface area contributed by atoms with Crippen LogP contribution in [0.1, 0.15) is 257 Å². The van der Waals surface area contributed by atoms with E-state index in [1.54, 1.807) is 0 Å². The third-order valence-corrected chi connectivity index (χ3v) is 11.7. The number of aliphatic imine (C=N–C) groups is 2. The van der Waals surface area contributed by atoms with Gasteiger partial charge in [-0.2, -0.15) is 0 Å². The van der Waals surface area contributed by atoms with Gasteiger partial charge in [0.05, 0.1) is 22.8 Å². The Morgan fingerprint density at radius 2 is 0.690 bits per heavy atom. The van der Waals surface area contributed by atoms with Crippen molar-refractivity contribution in [2.75, 3.05) is 0 Å². The van der Waals surface area contributed by atoms with Gasteiger partial charge < -0.3 is 0 Å². The molecule has 0 spiro atoms. The zero-order valence-electron chi connectivity index (χ0n) is 38.4. The molecule has 0 radical (unpaired) electrons. The van der Waals surface area contributed by atoms with Crippen molar-refractivity contribution < 1.29 is 16.5 Å². The molecule has 0 aliphatic carbocycles. The van der Waals surface area contributed by atoms with Crippen LogP contribution in [0.2, 0.25) is 0 Å². The Kier molecular flexibility index (Phi) is 38.6. The predicted molar refractivity (Wildman–Crippen MR) is 257 cm³/mol. The number of benzene rings is 2. The molecule has 0 amide bonds. The molecule has 0 fully saturated rings. The summed E-state index contributed by atoms with van der Waals surface area (Å²) in [6, 6.07) is 19.0. The van der Waals surface area contributed by atoms with Gasteiger partial charge in [-0.05, 0) is 68.5 Å². The Bertz CT molecular complexity index is 1280. The van der Waals surface area contributed by atoms with Crippen molar-refractivity contribution in [2.45, 2.75) is 252 Å². The standard InChI is InChI=1S/C55H90N2.Ni/c1-4-7-10-12-14-15-16-17-18-19-20-21-22-23-24-25-26-27-28-29-30-31-32-33-34-35-38-42-51-47-49-53(50-48-51)57-55(46-41-36-13-11-8-5-2)54(45-9-6-3)56-52-43-39-37-40-44-52;/h37,39-40,43-44,47-50H,4-36,41,45-46H2,1-3H3;. The minimum absolute atomic E-state index is 0. The first kappa shape index (κ1) is 53.9. The molecule has 0 aliphatic rings. The van der Waals surface area contributed by atoms with Gasteiger partial charge in [0.25, 0.3) is 0 Å². The zero-order chi connectivity index (χ0) is 40.5.